The van der Waals surface area contributed by atoms with Gasteiger partial charge < -0.3 is 16.4 Å². The van der Waals surface area contributed by atoms with E-state index in [9.17, 15) is 9.59 Å². The van der Waals surface area contributed by atoms with Gasteiger partial charge in [-0.1, -0.05) is 32.0 Å². The van der Waals surface area contributed by atoms with Crippen LogP contribution in [-0.4, -0.2) is 18.0 Å². The highest BCUT2D eigenvalue weighted by Crippen LogP contribution is 2.09. The standard InChI is InChI=1S/C13H19N3O2/c1-9(2)8-11(16-13(14)18)12(17)15-10-6-4-3-5-7-10/h3-7,9,11H,8H2,1-2H3,(H,15,17)(H3,14,16,18). The molecule has 0 spiro atoms. The fourth-order valence-corrected chi connectivity index (χ4v) is 1.63. The van der Waals surface area contributed by atoms with Crippen molar-refractivity contribution in [2.45, 2.75) is 26.3 Å². The number of hydrogen-bond donors (Lipinski definition) is 3. The first-order valence-corrected chi connectivity index (χ1v) is 5.91. The molecule has 0 aliphatic rings. The maximum atomic E-state index is 12.0. The second kappa shape index (κ2) is 6.64. The molecule has 4 N–H and O–H groups in total. The van der Waals surface area contributed by atoms with Crippen molar-refractivity contribution in [3.63, 3.8) is 0 Å². The van der Waals surface area contributed by atoms with Gasteiger partial charge in [-0.05, 0) is 24.5 Å². The molecule has 0 bridgehead atoms. The highest BCUT2D eigenvalue weighted by atomic mass is 16.2. The van der Waals surface area contributed by atoms with Crippen LogP contribution in [0.25, 0.3) is 0 Å². The van der Waals surface area contributed by atoms with Gasteiger partial charge in [-0.3, -0.25) is 4.79 Å². The van der Waals surface area contributed by atoms with Crippen LogP contribution in [0, 0.1) is 5.92 Å². The minimum Gasteiger partial charge on any atom is -0.352 e. The number of benzene rings is 1. The lowest BCUT2D eigenvalue weighted by Gasteiger charge is -2.19. The van der Waals surface area contributed by atoms with Crippen LogP contribution in [0.1, 0.15) is 20.3 Å². The normalized spacial score (nSPS) is 11.9. The number of nitrogens with two attached hydrogens (primary N) is 1. The van der Waals surface area contributed by atoms with Gasteiger partial charge in [0.15, 0.2) is 0 Å². The molecule has 1 aromatic rings. The Labute approximate surface area is 107 Å². The highest BCUT2D eigenvalue weighted by Gasteiger charge is 2.20. The van der Waals surface area contributed by atoms with Gasteiger partial charge >= 0.3 is 6.03 Å². The predicted octanol–water partition coefficient (Wildman–Crippen LogP) is 1.71. The zero-order valence-electron chi connectivity index (χ0n) is 10.6. The Balaban J connectivity index is 2.67. The summed E-state index contributed by atoms with van der Waals surface area (Å²) in [5.41, 5.74) is 5.77. The van der Waals surface area contributed by atoms with Crippen molar-refractivity contribution in [2.24, 2.45) is 11.7 Å². The summed E-state index contributed by atoms with van der Waals surface area (Å²) < 4.78 is 0. The van der Waals surface area contributed by atoms with E-state index in [2.05, 4.69) is 10.6 Å². The monoisotopic (exact) mass is 249 g/mol. The molecule has 0 radical (unpaired) electrons. The Kier molecular flexibility index (Phi) is 5.17. The Hall–Kier alpha value is -2.04. The zero-order chi connectivity index (χ0) is 13.5. The third-order valence-corrected chi connectivity index (χ3v) is 2.38. The SMILES string of the molecule is CC(C)CC(NC(N)=O)C(=O)Nc1ccccc1. The third kappa shape index (κ3) is 4.86. The molecule has 3 amide bonds. The molecule has 1 aromatic carbocycles. The van der Waals surface area contributed by atoms with E-state index in [1.807, 2.05) is 32.0 Å². The second-order valence-electron chi connectivity index (χ2n) is 4.55. The number of rotatable bonds is 5. The van der Waals surface area contributed by atoms with Crippen LogP contribution in [0.5, 0.6) is 0 Å². The summed E-state index contributed by atoms with van der Waals surface area (Å²) in [5.74, 6) is 0.0251. The van der Waals surface area contributed by atoms with Gasteiger partial charge in [0.25, 0.3) is 0 Å². The van der Waals surface area contributed by atoms with E-state index < -0.39 is 12.1 Å². The van der Waals surface area contributed by atoms with Crippen LogP contribution in [-0.2, 0) is 4.79 Å². The summed E-state index contributed by atoms with van der Waals surface area (Å²) in [6.07, 6.45) is 0.543. The topological polar surface area (TPSA) is 84.2 Å². The lowest BCUT2D eigenvalue weighted by Crippen LogP contribution is -2.46. The molecular formula is C13H19N3O2. The molecule has 98 valence electrons. The number of carbonyl (C=O) groups excluding carboxylic acids is 2. The quantitative estimate of drug-likeness (QED) is 0.742. The summed E-state index contributed by atoms with van der Waals surface area (Å²) in [5, 5.41) is 5.20. The van der Waals surface area contributed by atoms with Crippen molar-refractivity contribution in [1.29, 1.82) is 0 Å². The lowest BCUT2D eigenvalue weighted by molar-refractivity contribution is -0.118. The van der Waals surface area contributed by atoms with Crippen LogP contribution >= 0.6 is 0 Å². The minimum absolute atomic E-state index is 0.256. The maximum absolute atomic E-state index is 12.0. The number of urea groups is 1. The number of carbonyl (C=O) groups is 2. The largest absolute Gasteiger partial charge is 0.352 e. The van der Waals surface area contributed by atoms with Crippen molar-refractivity contribution >= 4 is 17.6 Å². The Bertz CT molecular complexity index is 404. The van der Waals surface area contributed by atoms with Gasteiger partial charge in [-0.25, -0.2) is 4.79 Å². The molecule has 0 heterocycles. The van der Waals surface area contributed by atoms with Gasteiger partial charge in [0, 0.05) is 5.69 Å². The fraction of sp³-hybridized carbons (Fsp3) is 0.385. The number of anilines is 1. The van der Waals surface area contributed by atoms with Crippen molar-refractivity contribution in [1.82, 2.24) is 5.32 Å². The van der Waals surface area contributed by atoms with E-state index in [4.69, 9.17) is 5.73 Å². The van der Waals surface area contributed by atoms with Crippen LogP contribution in [0.2, 0.25) is 0 Å². The molecule has 1 atom stereocenters. The Morgan fingerprint density at radius 1 is 1.22 bits per heavy atom. The van der Waals surface area contributed by atoms with E-state index in [1.165, 1.54) is 0 Å². The first-order valence-electron chi connectivity index (χ1n) is 5.91. The average molecular weight is 249 g/mol. The second-order valence-corrected chi connectivity index (χ2v) is 4.55. The highest BCUT2D eigenvalue weighted by molar-refractivity contribution is 5.96. The van der Waals surface area contributed by atoms with E-state index in [0.717, 1.165) is 0 Å². The van der Waals surface area contributed by atoms with Gasteiger partial charge in [-0.2, -0.15) is 0 Å². The first-order chi connectivity index (χ1) is 8.49. The molecule has 5 nitrogen and oxygen atoms in total. The molecule has 0 aromatic heterocycles. The van der Waals surface area contributed by atoms with E-state index in [-0.39, 0.29) is 11.8 Å². The number of nitrogens with one attached hydrogen (secondary N) is 2. The minimum atomic E-state index is -0.691. The smallest absolute Gasteiger partial charge is 0.312 e. The molecule has 1 rings (SSSR count). The summed E-state index contributed by atoms with van der Waals surface area (Å²) in [7, 11) is 0. The van der Waals surface area contributed by atoms with Gasteiger partial charge in [0.2, 0.25) is 5.91 Å². The van der Waals surface area contributed by atoms with Crippen LogP contribution < -0.4 is 16.4 Å². The molecule has 5 heteroatoms. The molecule has 0 fully saturated rings. The third-order valence-electron chi connectivity index (χ3n) is 2.38. The summed E-state index contributed by atoms with van der Waals surface area (Å²) in [6, 6.07) is 7.79. The molecular weight excluding hydrogens is 230 g/mol. The van der Waals surface area contributed by atoms with Gasteiger partial charge in [0.05, 0.1) is 0 Å². The molecule has 0 saturated carbocycles. The Morgan fingerprint density at radius 2 is 1.83 bits per heavy atom. The summed E-state index contributed by atoms with van der Waals surface area (Å²) in [6.45, 7) is 3.96. The van der Waals surface area contributed by atoms with Crippen LogP contribution in [0.15, 0.2) is 30.3 Å². The zero-order valence-corrected chi connectivity index (χ0v) is 10.6. The first kappa shape index (κ1) is 14.0. The van der Waals surface area contributed by atoms with Crippen molar-refractivity contribution in [3.8, 4) is 0 Å². The summed E-state index contributed by atoms with van der Waals surface area (Å²) >= 11 is 0. The molecule has 18 heavy (non-hydrogen) atoms. The number of amides is 3. The number of primary amides is 1. The fourth-order valence-electron chi connectivity index (χ4n) is 1.63. The average Bonchev–Trinajstić information content (AvgIpc) is 2.28. The summed E-state index contributed by atoms with van der Waals surface area (Å²) in [4.78, 5) is 22.9. The van der Waals surface area contributed by atoms with Gasteiger partial charge in [-0.15, -0.1) is 0 Å². The van der Waals surface area contributed by atoms with E-state index in [1.54, 1.807) is 12.1 Å². The van der Waals surface area contributed by atoms with Crippen molar-refractivity contribution in [2.75, 3.05) is 5.32 Å². The maximum Gasteiger partial charge on any atom is 0.312 e. The van der Waals surface area contributed by atoms with E-state index in [0.29, 0.717) is 12.1 Å². The number of hydrogen-bond acceptors (Lipinski definition) is 2. The number of para-hydroxylation sites is 1. The van der Waals surface area contributed by atoms with E-state index >= 15 is 0 Å². The van der Waals surface area contributed by atoms with Crippen LogP contribution in [0.3, 0.4) is 0 Å². The Morgan fingerprint density at radius 3 is 2.33 bits per heavy atom. The molecule has 0 aliphatic carbocycles. The van der Waals surface area contributed by atoms with Crippen LogP contribution in [0.4, 0.5) is 10.5 Å². The molecule has 0 aliphatic heterocycles. The lowest BCUT2D eigenvalue weighted by atomic mass is 10.0. The predicted molar refractivity (Wildman–Crippen MR) is 71.0 cm³/mol. The van der Waals surface area contributed by atoms with Crippen molar-refractivity contribution < 1.29 is 9.59 Å². The molecule has 1 unspecified atom stereocenters. The molecule has 0 saturated heterocycles. The van der Waals surface area contributed by atoms with Crippen molar-refractivity contribution in [3.05, 3.63) is 30.3 Å². The van der Waals surface area contributed by atoms with Gasteiger partial charge in [0.1, 0.15) is 6.04 Å².